The van der Waals surface area contributed by atoms with Gasteiger partial charge in [0.1, 0.15) is 0 Å². The van der Waals surface area contributed by atoms with Gasteiger partial charge in [-0.3, -0.25) is 0 Å². The second kappa shape index (κ2) is 2.74. The van der Waals surface area contributed by atoms with Gasteiger partial charge in [-0.2, -0.15) is 0 Å². The molecule has 1 atom stereocenters. The van der Waals surface area contributed by atoms with Crippen molar-refractivity contribution in [3.05, 3.63) is 29.8 Å². The van der Waals surface area contributed by atoms with Crippen LogP contribution in [0, 0.1) is 0 Å². The van der Waals surface area contributed by atoms with Gasteiger partial charge in [-0.25, -0.2) is 0 Å². The van der Waals surface area contributed by atoms with Gasteiger partial charge < -0.3 is 10.6 Å². The van der Waals surface area contributed by atoms with E-state index >= 15 is 0 Å². The molecule has 0 spiro atoms. The Labute approximate surface area is 79.4 Å². The number of nitrogens with two attached hydrogens (primary N) is 1. The molecule has 0 amide bonds. The summed E-state index contributed by atoms with van der Waals surface area (Å²) >= 11 is 0. The van der Waals surface area contributed by atoms with Crippen molar-refractivity contribution >= 4 is 5.69 Å². The summed E-state index contributed by atoms with van der Waals surface area (Å²) in [4.78, 5) is 2.27. The van der Waals surface area contributed by atoms with Crippen LogP contribution in [0.2, 0.25) is 0 Å². The van der Waals surface area contributed by atoms with E-state index in [1.54, 1.807) is 0 Å². The molecule has 0 saturated heterocycles. The van der Waals surface area contributed by atoms with Crippen molar-refractivity contribution in [2.24, 2.45) is 5.73 Å². The standard InChI is InChI=1S/C11H16N2/c1-11(12)7-8-13(2)10-6-4-3-5-9(10)11/h3-6H,7-8,12H2,1-2H3. The van der Waals surface area contributed by atoms with Crippen LogP contribution in [0.15, 0.2) is 24.3 Å². The summed E-state index contributed by atoms with van der Waals surface area (Å²) in [6.07, 6.45) is 1.03. The largest absolute Gasteiger partial charge is 0.374 e. The molecule has 1 aromatic carbocycles. The first-order chi connectivity index (χ1) is 6.11. The zero-order chi connectivity index (χ0) is 9.47. The zero-order valence-electron chi connectivity index (χ0n) is 8.25. The van der Waals surface area contributed by atoms with Crippen molar-refractivity contribution in [2.45, 2.75) is 18.9 Å². The maximum atomic E-state index is 6.22. The number of para-hydroxylation sites is 1. The summed E-state index contributed by atoms with van der Waals surface area (Å²) in [6, 6.07) is 8.39. The number of rotatable bonds is 0. The second-order valence-corrected chi connectivity index (χ2v) is 4.11. The van der Waals surface area contributed by atoms with Crippen LogP contribution in [0.25, 0.3) is 0 Å². The SMILES string of the molecule is CN1CCC(C)(N)c2ccccc21. The fourth-order valence-corrected chi connectivity index (χ4v) is 1.94. The van der Waals surface area contributed by atoms with E-state index in [0.717, 1.165) is 13.0 Å². The second-order valence-electron chi connectivity index (χ2n) is 4.11. The Kier molecular flexibility index (Phi) is 1.81. The molecule has 1 aliphatic rings. The highest BCUT2D eigenvalue weighted by Crippen LogP contribution is 2.34. The Balaban J connectivity index is 2.55. The predicted molar refractivity (Wildman–Crippen MR) is 55.9 cm³/mol. The predicted octanol–water partition coefficient (Wildman–Crippen LogP) is 1.70. The van der Waals surface area contributed by atoms with Gasteiger partial charge in [0.05, 0.1) is 0 Å². The Hall–Kier alpha value is -1.02. The quantitative estimate of drug-likeness (QED) is 0.652. The van der Waals surface area contributed by atoms with Crippen LogP contribution in [0.1, 0.15) is 18.9 Å². The summed E-state index contributed by atoms with van der Waals surface area (Å²) in [7, 11) is 2.12. The zero-order valence-corrected chi connectivity index (χ0v) is 8.25. The Morgan fingerprint density at radius 2 is 2.08 bits per heavy atom. The van der Waals surface area contributed by atoms with E-state index in [2.05, 4.69) is 43.1 Å². The normalized spacial score (nSPS) is 27.2. The molecule has 0 saturated carbocycles. The van der Waals surface area contributed by atoms with Crippen LogP contribution in [0.3, 0.4) is 0 Å². The van der Waals surface area contributed by atoms with Gasteiger partial charge in [-0.1, -0.05) is 18.2 Å². The molecule has 1 aromatic rings. The fourth-order valence-electron chi connectivity index (χ4n) is 1.94. The topological polar surface area (TPSA) is 29.3 Å². The molecule has 1 unspecified atom stereocenters. The first-order valence-electron chi connectivity index (χ1n) is 4.71. The molecule has 0 fully saturated rings. The van der Waals surface area contributed by atoms with E-state index in [1.165, 1.54) is 11.3 Å². The van der Waals surface area contributed by atoms with E-state index < -0.39 is 0 Å². The third-order valence-electron chi connectivity index (χ3n) is 2.90. The van der Waals surface area contributed by atoms with Gasteiger partial charge in [0, 0.05) is 24.8 Å². The van der Waals surface area contributed by atoms with Crippen LogP contribution < -0.4 is 10.6 Å². The molecule has 0 aromatic heterocycles. The number of nitrogens with zero attached hydrogens (tertiary/aromatic N) is 1. The lowest BCUT2D eigenvalue weighted by Crippen LogP contribution is -2.42. The van der Waals surface area contributed by atoms with Gasteiger partial charge in [-0.05, 0) is 25.0 Å². The summed E-state index contributed by atoms with van der Waals surface area (Å²) in [5.41, 5.74) is 8.62. The Morgan fingerprint density at radius 1 is 1.38 bits per heavy atom. The minimum absolute atomic E-state index is 0.150. The van der Waals surface area contributed by atoms with E-state index in [4.69, 9.17) is 5.73 Å². The lowest BCUT2D eigenvalue weighted by molar-refractivity contribution is 0.437. The van der Waals surface area contributed by atoms with Crippen molar-refractivity contribution in [2.75, 3.05) is 18.5 Å². The van der Waals surface area contributed by atoms with Gasteiger partial charge in [0.25, 0.3) is 0 Å². The fraction of sp³-hybridized carbons (Fsp3) is 0.455. The van der Waals surface area contributed by atoms with Crippen LogP contribution in [0.4, 0.5) is 5.69 Å². The van der Waals surface area contributed by atoms with E-state index in [-0.39, 0.29) is 5.54 Å². The molecule has 2 heteroatoms. The first kappa shape index (κ1) is 8.57. The lowest BCUT2D eigenvalue weighted by Gasteiger charge is -2.38. The van der Waals surface area contributed by atoms with Crippen LogP contribution >= 0.6 is 0 Å². The summed E-state index contributed by atoms with van der Waals surface area (Å²) in [5, 5.41) is 0. The molecule has 2 nitrogen and oxygen atoms in total. The molecular weight excluding hydrogens is 160 g/mol. The summed E-state index contributed by atoms with van der Waals surface area (Å²) in [5.74, 6) is 0. The molecule has 1 aliphatic heterocycles. The molecular formula is C11H16N2. The Bertz CT molecular complexity index is 318. The van der Waals surface area contributed by atoms with Crippen LogP contribution in [-0.4, -0.2) is 13.6 Å². The van der Waals surface area contributed by atoms with Gasteiger partial charge in [0.2, 0.25) is 0 Å². The molecule has 13 heavy (non-hydrogen) atoms. The molecule has 2 N–H and O–H groups in total. The van der Waals surface area contributed by atoms with Crippen molar-refractivity contribution in [3.8, 4) is 0 Å². The van der Waals surface area contributed by atoms with Gasteiger partial charge >= 0.3 is 0 Å². The van der Waals surface area contributed by atoms with Crippen LogP contribution in [-0.2, 0) is 5.54 Å². The number of fused-ring (bicyclic) bond motifs is 1. The molecule has 0 bridgehead atoms. The minimum Gasteiger partial charge on any atom is -0.374 e. The maximum Gasteiger partial charge on any atom is 0.0418 e. The maximum absolute atomic E-state index is 6.22. The number of benzene rings is 1. The smallest absolute Gasteiger partial charge is 0.0418 e. The van der Waals surface area contributed by atoms with Crippen molar-refractivity contribution in [1.82, 2.24) is 0 Å². The van der Waals surface area contributed by atoms with Gasteiger partial charge in [-0.15, -0.1) is 0 Å². The van der Waals surface area contributed by atoms with E-state index in [0.29, 0.717) is 0 Å². The molecule has 0 aliphatic carbocycles. The molecule has 2 rings (SSSR count). The highest BCUT2D eigenvalue weighted by molar-refractivity contribution is 5.57. The average molecular weight is 176 g/mol. The summed E-state index contributed by atoms with van der Waals surface area (Å²) < 4.78 is 0. The molecule has 70 valence electrons. The number of anilines is 1. The average Bonchev–Trinajstić information content (AvgIpc) is 2.13. The summed E-state index contributed by atoms with van der Waals surface area (Å²) in [6.45, 7) is 3.16. The van der Waals surface area contributed by atoms with Crippen molar-refractivity contribution in [1.29, 1.82) is 0 Å². The highest BCUT2D eigenvalue weighted by Gasteiger charge is 2.29. The van der Waals surface area contributed by atoms with Crippen molar-refractivity contribution < 1.29 is 0 Å². The first-order valence-corrected chi connectivity index (χ1v) is 4.71. The molecule has 1 heterocycles. The van der Waals surface area contributed by atoms with Crippen molar-refractivity contribution in [3.63, 3.8) is 0 Å². The minimum atomic E-state index is -0.150. The van der Waals surface area contributed by atoms with E-state index in [9.17, 15) is 0 Å². The Morgan fingerprint density at radius 3 is 2.77 bits per heavy atom. The number of hydrogen-bond acceptors (Lipinski definition) is 2. The molecule has 0 radical (unpaired) electrons. The van der Waals surface area contributed by atoms with Crippen LogP contribution in [0.5, 0.6) is 0 Å². The third kappa shape index (κ3) is 1.31. The van der Waals surface area contributed by atoms with E-state index in [1.807, 2.05) is 0 Å². The van der Waals surface area contributed by atoms with Gasteiger partial charge in [0.15, 0.2) is 0 Å². The lowest BCUT2D eigenvalue weighted by atomic mass is 9.85. The monoisotopic (exact) mass is 176 g/mol. The highest BCUT2D eigenvalue weighted by atomic mass is 15.1. The number of hydrogen-bond donors (Lipinski definition) is 1. The third-order valence-corrected chi connectivity index (χ3v) is 2.90.